The Bertz CT molecular complexity index is 409. The van der Waals surface area contributed by atoms with Crippen LogP contribution in [-0.4, -0.2) is 43.8 Å². The molecule has 2 saturated heterocycles. The second kappa shape index (κ2) is 8.14. The highest BCUT2D eigenvalue weighted by Gasteiger charge is 2.30. The van der Waals surface area contributed by atoms with Crippen molar-refractivity contribution in [2.45, 2.75) is 31.9 Å². The van der Waals surface area contributed by atoms with E-state index in [-0.39, 0.29) is 12.4 Å². The minimum absolute atomic E-state index is 0. The Balaban J connectivity index is 0.00000161. The minimum Gasteiger partial charge on any atom is -0.375 e. The third-order valence-electron chi connectivity index (χ3n) is 4.61. The molecular formula is C17H27ClN2O. The molecular weight excluding hydrogens is 284 g/mol. The number of morpholine rings is 1. The topological polar surface area (TPSA) is 24.5 Å². The van der Waals surface area contributed by atoms with Gasteiger partial charge in [-0.05, 0) is 44.3 Å². The average molecular weight is 311 g/mol. The van der Waals surface area contributed by atoms with Gasteiger partial charge in [0.15, 0.2) is 0 Å². The molecule has 1 N–H and O–H groups in total. The van der Waals surface area contributed by atoms with Gasteiger partial charge in [-0.1, -0.05) is 30.3 Å². The highest BCUT2D eigenvalue weighted by atomic mass is 35.5. The van der Waals surface area contributed by atoms with Crippen molar-refractivity contribution in [2.24, 2.45) is 5.92 Å². The minimum atomic E-state index is 0. The van der Waals surface area contributed by atoms with Crippen molar-refractivity contribution < 1.29 is 4.74 Å². The van der Waals surface area contributed by atoms with Gasteiger partial charge in [-0.3, -0.25) is 4.90 Å². The third kappa shape index (κ3) is 4.43. The first-order valence-electron chi connectivity index (χ1n) is 7.94. The molecule has 0 radical (unpaired) electrons. The molecule has 21 heavy (non-hydrogen) atoms. The van der Waals surface area contributed by atoms with E-state index in [0.717, 1.165) is 19.1 Å². The number of benzene rings is 1. The molecule has 0 bridgehead atoms. The monoisotopic (exact) mass is 310 g/mol. The number of piperidine rings is 1. The van der Waals surface area contributed by atoms with Crippen molar-refractivity contribution in [3.05, 3.63) is 35.9 Å². The largest absolute Gasteiger partial charge is 0.375 e. The van der Waals surface area contributed by atoms with E-state index in [9.17, 15) is 0 Å². The second-order valence-electron chi connectivity index (χ2n) is 6.22. The van der Waals surface area contributed by atoms with Gasteiger partial charge in [-0.15, -0.1) is 12.4 Å². The number of nitrogens with zero attached hydrogens (tertiary/aromatic N) is 1. The first kappa shape index (κ1) is 16.8. The SMILES string of the molecule is CC1CN(CC2CCNCC2)C(c2ccccc2)CO1.Cl. The van der Waals surface area contributed by atoms with Gasteiger partial charge in [0, 0.05) is 13.1 Å². The summed E-state index contributed by atoms with van der Waals surface area (Å²) in [5.41, 5.74) is 1.40. The summed E-state index contributed by atoms with van der Waals surface area (Å²) in [5.74, 6) is 0.841. The van der Waals surface area contributed by atoms with Crippen molar-refractivity contribution in [2.75, 3.05) is 32.8 Å². The van der Waals surface area contributed by atoms with Gasteiger partial charge < -0.3 is 10.1 Å². The van der Waals surface area contributed by atoms with E-state index in [2.05, 4.69) is 47.5 Å². The zero-order chi connectivity index (χ0) is 13.8. The zero-order valence-corrected chi connectivity index (χ0v) is 13.6. The molecule has 2 aliphatic heterocycles. The van der Waals surface area contributed by atoms with Crippen LogP contribution < -0.4 is 5.32 Å². The molecule has 2 unspecified atom stereocenters. The summed E-state index contributed by atoms with van der Waals surface area (Å²) >= 11 is 0. The summed E-state index contributed by atoms with van der Waals surface area (Å²) in [6, 6.07) is 11.3. The van der Waals surface area contributed by atoms with Crippen LogP contribution in [0.4, 0.5) is 0 Å². The Morgan fingerprint density at radius 3 is 2.62 bits per heavy atom. The van der Waals surface area contributed by atoms with Gasteiger partial charge >= 0.3 is 0 Å². The number of hydrogen-bond acceptors (Lipinski definition) is 3. The van der Waals surface area contributed by atoms with Gasteiger partial charge in [-0.25, -0.2) is 0 Å². The summed E-state index contributed by atoms with van der Waals surface area (Å²) in [4.78, 5) is 2.65. The quantitative estimate of drug-likeness (QED) is 0.929. The Morgan fingerprint density at radius 2 is 1.90 bits per heavy atom. The summed E-state index contributed by atoms with van der Waals surface area (Å²) in [6.07, 6.45) is 2.98. The lowest BCUT2D eigenvalue weighted by Gasteiger charge is -2.41. The zero-order valence-electron chi connectivity index (χ0n) is 12.8. The predicted octanol–water partition coefficient (Wildman–Crippen LogP) is 2.87. The standard InChI is InChI=1S/C17H26N2O.ClH/c1-14-11-19(12-15-7-9-18-10-8-15)17(13-20-14)16-5-3-2-4-6-16;/h2-6,14-15,17-18H,7-13H2,1H3;1H. The van der Waals surface area contributed by atoms with Crippen LogP contribution in [0.3, 0.4) is 0 Å². The number of ether oxygens (including phenoxy) is 1. The van der Waals surface area contributed by atoms with Gasteiger partial charge in [0.1, 0.15) is 0 Å². The van der Waals surface area contributed by atoms with E-state index in [1.54, 1.807) is 0 Å². The Labute approximate surface area is 134 Å². The number of rotatable bonds is 3. The second-order valence-corrected chi connectivity index (χ2v) is 6.22. The maximum absolute atomic E-state index is 5.91. The molecule has 1 aromatic rings. The first-order chi connectivity index (χ1) is 9.83. The Hall–Kier alpha value is -0.610. The van der Waals surface area contributed by atoms with Crippen LogP contribution in [0.25, 0.3) is 0 Å². The molecule has 1 aromatic carbocycles. The van der Waals surface area contributed by atoms with E-state index in [1.807, 2.05) is 0 Å². The fraction of sp³-hybridized carbons (Fsp3) is 0.647. The third-order valence-corrected chi connectivity index (χ3v) is 4.61. The summed E-state index contributed by atoms with van der Waals surface area (Å²) in [5, 5.41) is 3.46. The maximum Gasteiger partial charge on any atom is 0.0675 e. The van der Waals surface area contributed by atoms with Gasteiger partial charge in [0.2, 0.25) is 0 Å². The number of hydrogen-bond donors (Lipinski definition) is 1. The van der Waals surface area contributed by atoms with Gasteiger partial charge in [0.25, 0.3) is 0 Å². The highest BCUT2D eigenvalue weighted by Crippen LogP contribution is 2.28. The number of halogens is 1. The molecule has 0 aromatic heterocycles. The van der Waals surface area contributed by atoms with Crippen LogP contribution in [-0.2, 0) is 4.74 Å². The summed E-state index contributed by atoms with van der Waals surface area (Å²) in [6.45, 7) is 7.66. The number of nitrogens with one attached hydrogen (secondary N) is 1. The van der Waals surface area contributed by atoms with Crippen molar-refractivity contribution in [1.82, 2.24) is 10.2 Å². The molecule has 2 heterocycles. The van der Waals surface area contributed by atoms with Crippen molar-refractivity contribution in [3.63, 3.8) is 0 Å². The molecule has 3 nitrogen and oxygen atoms in total. The smallest absolute Gasteiger partial charge is 0.0675 e. The molecule has 2 atom stereocenters. The fourth-order valence-corrected chi connectivity index (χ4v) is 3.45. The molecule has 2 fully saturated rings. The first-order valence-corrected chi connectivity index (χ1v) is 7.94. The summed E-state index contributed by atoms with van der Waals surface area (Å²) in [7, 11) is 0. The average Bonchev–Trinajstić information content (AvgIpc) is 2.49. The lowest BCUT2D eigenvalue weighted by molar-refractivity contribution is -0.0623. The van der Waals surface area contributed by atoms with E-state index in [4.69, 9.17) is 4.74 Å². The van der Waals surface area contributed by atoms with Crippen LogP contribution in [0.5, 0.6) is 0 Å². The highest BCUT2D eigenvalue weighted by molar-refractivity contribution is 5.85. The van der Waals surface area contributed by atoms with Crippen molar-refractivity contribution in [3.8, 4) is 0 Å². The normalized spacial score (nSPS) is 28.0. The lowest BCUT2D eigenvalue weighted by Crippen LogP contribution is -2.46. The van der Waals surface area contributed by atoms with E-state index >= 15 is 0 Å². The van der Waals surface area contributed by atoms with E-state index in [0.29, 0.717) is 12.1 Å². The van der Waals surface area contributed by atoms with Crippen LogP contribution in [0, 0.1) is 5.92 Å². The Kier molecular flexibility index (Phi) is 6.49. The van der Waals surface area contributed by atoms with Crippen LogP contribution in [0.1, 0.15) is 31.4 Å². The molecule has 4 heteroatoms. The van der Waals surface area contributed by atoms with E-state index in [1.165, 1.54) is 38.0 Å². The molecule has 0 saturated carbocycles. The van der Waals surface area contributed by atoms with Crippen molar-refractivity contribution in [1.29, 1.82) is 0 Å². The molecule has 0 spiro atoms. The van der Waals surface area contributed by atoms with Gasteiger partial charge in [0.05, 0.1) is 18.8 Å². The van der Waals surface area contributed by atoms with Crippen LogP contribution in [0.15, 0.2) is 30.3 Å². The molecule has 0 amide bonds. The van der Waals surface area contributed by atoms with Gasteiger partial charge in [-0.2, -0.15) is 0 Å². The molecule has 3 rings (SSSR count). The van der Waals surface area contributed by atoms with E-state index < -0.39 is 0 Å². The Morgan fingerprint density at radius 1 is 1.19 bits per heavy atom. The summed E-state index contributed by atoms with van der Waals surface area (Å²) < 4.78 is 5.91. The van der Waals surface area contributed by atoms with Crippen LogP contribution in [0.2, 0.25) is 0 Å². The van der Waals surface area contributed by atoms with Crippen molar-refractivity contribution >= 4 is 12.4 Å². The molecule has 2 aliphatic rings. The molecule has 0 aliphatic carbocycles. The fourth-order valence-electron chi connectivity index (χ4n) is 3.45. The maximum atomic E-state index is 5.91. The van der Waals surface area contributed by atoms with Crippen LogP contribution >= 0.6 is 12.4 Å². The molecule has 118 valence electrons. The predicted molar refractivity (Wildman–Crippen MR) is 89.0 cm³/mol. The lowest BCUT2D eigenvalue weighted by atomic mass is 9.95.